The molecule has 0 atom stereocenters. The zero-order valence-corrected chi connectivity index (χ0v) is 11.8. The van der Waals surface area contributed by atoms with E-state index in [1.165, 1.54) is 25.7 Å². The summed E-state index contributed by atoms with van der Waals surface area (Å²) >= 11 is 0. The summed E-state index contributed by atoms with van der Waals surface area (Å²) in [5.74, 6) is 1.60. The lowest BCUT2D eigenvalue weighted by Gasteiger charge is -2.11. The van der Waals surface area contributed by atoms with Crippen LogP contribution in [-0.4, -0.2) is 22.1 Å². The van der Waals surface area contributed by atoms with Gasteiger partial charge in [0.05, 0.1) is 6.61 Å². The first-order chi connectivity index (χ1) is 9.13. The molecule has 2 N–H and O–H groups in total. The van der Waals surface area contributed by atoms with Crippen LogP contribution in [0.4, 0.5) is 5.82 Å². The van der Waals surface area contributed by atoms with Gasteiger partial charge in [-0.05, 0) is 26.2 Å². The monoisotopic (exact) mass is 265 g/mol. The van der Waals surface area contributed by atoms with Gasteiger partial charge in [-0.2, -0.15) is 0 Å². The Morgan fingerprint density at radius 3 is 2.79 bits per heavy atom. The van der Waals surface area contributed by atoms with E-state index in [0.717, 1.165) is 24.7 Å². The maximum Gasteiger partial charge on any atom is 0.360 e. The van der Waals surface area contributed by atoms with Gasteiger partial charge >= 0.3 is 5.97 Å². The molecule has 0 aliphatic heterocycles. The second-order valence-corrected chi connectivity index (χ2v) is 5.20. The molecule has 0 saturated heterocycles. The van der Waals surface area contributed by atoms with E-state index in [0.29, 0.717) is 12.4 Å². The van der Waals surface area contributed by atoms with Crippen molar-refractivity contribution in [2.45, 2.75) is 52.5 Å². The van der Waals surface area contributed by atoms with Gasteiger partial charge in [0.25, 0.3) is 0 Å². The highest BCUT2D eigenvalue weighted by molar-refractivity contribution is 5.92. The molecule has 0 unspecified atom stereocenters. The molecule has 1 aromatic rings. The van der Waals surface area contributed by atoms with Gasteiger partial charge in [0, 0.05) is 6.54 Å². The fraction of sp³-hybridized carbons (Fsp3) is 0.714. The molecule has 1 heterocycles. The largest absolute Gasteiger partial charge is 0.461 e. The minimum absolute atomic E-state index is 0.255. The molecule has 5 heteroatoms. The zero-order chi connectivity index (χ0) is 13.8. The normalized spacial score (nSPS) is 15.9. The van der Waals surface area contributed by atoms with E-state index in [2.05, 4.69) is 4.98 Å². The summed E-state index contributed by atoms with van der Waals surface area (Å²) in [5, 5.41) is 0. The molecule has 1 aliphatic carbocycles. The first kappa shape index (κ1) is 13.9. The Labute approximate surface area is 114 Å². The van der Waals surface area contributed by atoms with E-state index in [4.69, 9.17) is 10.5 Å². The Kier molecular flexibility index (Phi) is 4.45. The lowest BCUT2D eigenvalue weighted by atomic mass is 10.0. The number of aromatic nitrogens is 2. The van der Waals surface area contributed by atoms with Crippen molar-refractivity contribution < 1.29 is 9.53 Å². The molecular weight excluding hydrogens is 242 g/mol. The van der Waals surface area contributed by atoms with Crippen LogP contribution < -0.4 is 5.73 Å². The predicted molar refractivity (Wildman–Crippen MR) is 73.9 cm³/mol. The average Bonchev–Trinajstić information content (AvgIpc) is 2.97. The Bertz CT molecular complexity index is 448. The van der Waals surface area contributed by atoms with Gasteiger partial charge in [-0.3, -0.25) is 0 Å². The van der Waals surface area contributed by atoms with Crippen LogP contribution in [0.2, 0.25) is 0 Å². The number of aryl methyl sites for hydroxylation is 1. The number of nitrogen functional groups attached to an aromatic ring is 1. The number of imidazole rings is 1. The van der Waals surface area contributed by atoms with E-state index in [1.54, 1.807) is 6.92 Å². The molecule has 0 spiro atoms. The third-order valence-corrected chi connectivity index (χ3v) is 3.90. The number of carbonyl (C=O) groups excluding carboxylic acids is 1. The standard InChI is InChI=1S/C14H23N3O2/c1-3-19-14(18)12-13(15)17(10(2)16-12)9-8-11-6-4-5-7-11/h11H,3-9,15H2,1-2H3. The van der Waals surface area contributed by atoms with Crippen LogP contribution >= 0.6 is 0 Å². The van der Waals surface area contributed by atoms with E-state index in [1.807, 2.05) is 11.5 Å². The molecular formula is C14H23N3O2. The molecule has 1 fully saturated rings. The number of hydrogen-bond acceptors (Lipinski definition) is 4. The number of anilines is 1. The summed E-state index contributed by atoms with van der Waals surface area (Å²) in [6, 6.07) is 0. The maximum absolute atomic E-state index is 11.7. The summed E-state index contributed by atoms with van der Waals surface area (Å²) in [7, 11) is 0. The lowest BCUT2D eigenvalue weighted by Crippen LogP contribution is -2.11. The second kappa shape index (κ2) is 6.08. The summed E-state index contributed by atoms with van der Waals surface area (Å²) in [6.07, 6.45) is 6.44. The average molecular weight is 265 g/mol. The fourth-order valence-corrected chi connectivity index (χ4v) is 2.82. The van der Waals surface area contributed by atoms with Gasteiger partial charge in [-0.25, -0.2) is 9.78 Å². The molecule has 106 valence electrons. The Morgan fingerprint density at radius 2 is 2.16 bits per heavy atom. The van der Waals surface area contributed by atoms with Crippen molar-refractivity contribution in [3.05, 3.63) is 11.5 Å². The van der Waals surface area contributed by atoms with Crippen LogP contribution in [0.25, 0.3) is 0 Å². The summed E-state index contributed by atoms with van der Waals surface area (Å²) in [5.41, 5.74) is 6.28. The van der Waals surface area contributed by atoms with Gasteiger partial charge in [0.15, 0.2) is 5.69 Å². The number of rotatable bonds is 5. The Morgan fingerprint density at radius 1 is 1.47 bits per heavy atom. The molecule has 0 amide bonds. The minimum Gasteiger partial charge on any atom is -0.461 e. The molecule has 0 aromatic carbocycles. The van der Waals surface area contributed by atoms with Crippen LogP contribution in [-0.2, 0) is 11.3 Å². The van der Waals surface area contributed by atoms with Gasteiger partial charge in [-0.1, -0.05) is 25.7 Å². The van der Waals surface area contributed by atoms with Crippen LogP contribution in [0.1, 0.15) is 55.3 Å². The molecule has 5 nitrogen and oxygen atoms in total. The third-order valence-electron chi connectivity index (χ3n) is 3.90. The van der Waals surface area contributed by atoms with Gasteiger partial charge in [-0.15, -0.1) is 0 Å². The summed E-state index contributed by atoms with van der Waals surface area (Å²) in [6.45, 7) is 4.84. The number of nitrogens with two attached hydrogens (primary N) is 1. The predicted octanol–water partition coefficient (Wildman–Crippen LogP) is 2.53. The maximum atomic E-state index is 11.7. The smallest absolute Gasteiger partial charge is 0.360 e. The minimum atomic E-state index is -0.428. The van der Waals surface area contributed by atoms with Crippen LogP contribution in [0, 0.1) is 12.8 Å². The van der Waals surface area contributed by atoms with E-state index >= 15 is 0 Å². The second-order valence-electron chi connectivity index (χ2n) is 5.20. The fourth-order valence-electron chi connectivity index (χ4n) is 2.82. The molecule has 0 bridgehead atoms. The van der Waals surface area contributed by atoms with Crippen molar-refractivity contribution in [1.82, 2.24) is 9.55 Å². The summed E-state index contributed by atoms with van der Waals surface area (Å²) in [4.78, 5) is 16.0. The molecule has 2 rings (SSSR count). The third kappa shape index (κ3) is 3.08. The van der Waals surface area contributed by atoms with Crippen molar-refractivity contribution in [2.75, 3.05) is 12.3 Å². The molecule has 0 radical (unpaired) electrons. The van der Waals surface area contributed by atoms with Crippen LogP contribution in [0.3, 0.4) is 0 Å². The SMILES string of the molecule is CCOC(=O)c1nc(C)n(CCC2CCCC2)c1N. The Hall–Kier alpha value is -1.52. The van der Waals surface area contributed by atoms with Gasteiger partial charge in [0.2, 0.25) is 0 Å². The molecule has 19 heavy (non-hydrogen) atoms. The highest BCUT2D eigenvalue weighted by Crippen LogP contribution is 2.28. The van der Waals surface area contributed by atoms with E-state index < -0.39 is 5.97 Å². The first-order valence-electron chi connectivity index (χ1n) is 7.13. The lowest BCUT2D eigenvalue weighted by molar-refractivity contribution is 0.0521. The number of carbonyl (C=O) groups is 1. The summed E-state index contributed by atoms with van der Waals surface area (Å²) < 4.78 is 6.90. The quantitative estimate of drug-likeness (QED) is 0.830. The Balaban J connectivity index is 2.05. The number of hydrogen-bond donors (Lipinski definition) is 1. The van der Waals surface area contributed by atoms with Crippen molar-refractivity contribution >= 4 is 11.8 Å². The number of ether oxygens (including phenoxy) is 1. The van der Waals surface area contributed by atoms with Crippen molar-refractivity contribution in [2.24, 2.45) is 5.92 Å². The first-order valence-corrected chi connectivity index (χ1v) is 7.13. The van der Waals surface area contributed by atoms with Crippen molar-refractivity contribution in [3.63, 3.8) is 0 Å². The highest BCUT2D eigenvalue weighted by atomic mass is 16.5. The van der Waals surface area contributed by atoms with Crippen LogP contribution in [0.15, 0.2) is 0 Å². The van der Waals surface area contributed by atoms with Gasteiger partial charge < -0.3 is 15.0 Å². The molecule has 1 aromatic heterocycles. The van der Waals surface area contributed by atoms with E-state index in [-0.39, 0.29) is 5.69 Å². The van der Waals surface area contributed by atoms with Crippen LogP contribution in [0.5, 0.6) is 0 Å². The topological polar surface area (TPSA) is 70.1 Å². The van der Waals surface area contributed by atoms with E-state index in [9.17, 15) is 4.79 Å². The molecule has 1 aliphatic rings. The molecule has 1 saturated carbocycles. The van der Waals surface area contributed by atoms with Gasteiger partial charge in [0.1, 0.15) is 11.6 Å². The van der Waals surface area contributed by atoms with Crippen molar-refractivity contribution in [1.29, 1.82) is 0 Å². The zero-order valence-electron chi connectivity index (χ0n) is 11.8. The number of esters is 1. The van der Waals surface area contributed by atoms with Crippen molar-refractivity contribution in [3.8, 4) is 0 Å². The number of nitrogens with zero attached hydrogens (tertiary/aromatic N) is 2. The highest BCUT2D eigenvalue weighted by Gasteiger charge is 2.21.